The van der Waals surface area contributed by atoms with E-state index in [4.69, 9.17) is 5.11 Å². The van der Waals surface area contributed by atoms with Crippen molar-refractivity contribution in [1.29, 1.82) is 0 Å². The first-order valence-corrected chi connectivity index (χ1v) is 14.0. The molecule has 1 aromatic carbocycles. The smallest absolute Gasteiger partial charge is 0.303 e. The zero-order chi connectivity index (χ0) is 25.2. The van der Waals surface area contributed by atoms with E-state index in [1.165, 1.54) is 30.2 Å². The summed E-state index contributed by atoms with van der Waals surface area (Å²) in [7, 11) is 0. The molecule has 1 aliphatic carbocycles. The van der Waals surface area contributed by atoms with Gasteiger partial charge < -0.3 is 20.4 Å². The molecule has 34 heavy (non-hydrogen) atoms. The van der Waals surface area contributed by atoms with E-state index in [1.54, 1.807) is 0 Å². The van der Waals surface area contributed by atoms with E-state index in [0.29, 0.717) is 44.9 Å². The molecule has 194 valence electrons. The number of unbranched alkanes of at least 4 members (excludes halogenated alkanes) is 3. The van der Waals surface area contributed by atoms with Gasteiger partial charge >= 0.3 is 5.97 Å². The molecule has 5 nitrogen and oxygen atoms in total. The molecule has 6 heteroatoms. The number of hydrogen-bond acceptors (Lipinski definition) is 4. The van der Waals surface area contributed by atoms with Crippen molar-refractivity contribution in [1.82, 2.24) is 0 Å². The number of benzene rings is 1. The van der Waals surface area contributed by atoms with Crippen LogP contribution in [0, 0.1) is 11.8 Å². The number of alkyl halides is 1. The quantitative estimate of drug-likeness (QED) is 0.126. The van der Waals surface area contributed by atoms with Crippen molar-refractivity contribution < 1.29 is 25.2 Å². The number of aryl methyl sites for hydroxylation is 1. The number of halogens is 1. The lowest BCUT2D eigenvalue weighted by Gasteiger charge is -2.23. The molecule has 1 aliphatic rings. The summed E-state index contributed by atoms with van der Waals surface area (Å²) in [4.78, 5) is 10.5. The number of carbonyl (C=O) groups is 1. The summed E-state index contributed by atoms with van der Waals surface area (Å²) in [5.41, 5.74) is 1.21. The number of aliphatic hydroxyl groups is 3. The SMILES string of the molecule is CCCCCBr.O=C(O)CCC/C=C\C[C@@H]1[C@@H](CC[C@@H](O)CCc2ccccc2)[C@H](O)C[C@@H]1O. The summed E-state index contributed by atoms with van der Waals surface area (Å²) in [6.45, 7) is 2.21. The number of rotatable bonds is 15. The van der Waals surface area contributed by atoms with E-state index in [9.17, 15) is 20.1 Å². The average Bonchev–Trinajstić information content (AvgIpc) is 3.09. The second-order valence-electron chi connectivity index (χ2n) is 9.34. The van der Waals surface area contributed by atoms with Gasteiger partial charge in [0.25, 0.3) is 0 Å². The van der Waals surface area contributed by atoms with Crippen LogP contribution in [0.2, 0.25) is 0 Å². The highest BCUT2D eigenvalue weighted by molar-refractivity contribution is 9.09. The number of carboxylic acid groups (broad SMARTS) is 1. The molecule has 0 spiro atoms. The minimum atomic E-state index is -0.784. The summed E-state index contributed by atoms with van der Waals surface area (Å²) in [5, 5.41) is 40.7. The topological polar surface area (TPSA) is 98.0 Å². The van der Waals surface area contributed by atoms with Crippen molar-refractivity contribution >= 4 is 21.9 Å². The number of allylic oxidation sites excluding steroid dienone is 2. The van der Waals surface area contributed by atoms with Crippen LogP contribution in [-0.4, -0.2) is 50.0 Å². The molecule has 0 aliphatic heterocycles. The van der Waals surface area contributed by atoms with Crippen LogP contribution in [0.3, 0.4) is 0 Å². The van der Waals surface area contributed by atoms with Gasteiger partial charge in [-0.15, -0.1) is 0 Å². The predicted molar refractivity (Wildman–Crippen MR) is 142 cm³/mol. The predicted octanol–water partition coefficient (Wildman–Crippen LogP) is 5.89. The van der Waals surface area contributed by atoms with Gasteiger partial charge in [-0.25, -0.2) is 0 Å². The molecule has 0 amide bonds. The Hall–Kier alpha value is -1.21. The van der Waals surface area contributed by atoms with E-state index in [1.807, 2.05) is 30.4 Å². The summed E-state index contributed by atoms with van der Waals surface area (Å²) >= 11 is 3.35. The first-order chi connectivity index (χ1) is 16.4. The van der Waals surface area contributed by atoms with Crippen molar-refractivity contribution in [2.24, 2.45) is 11.8 Å². The standard InChI is InChI=1S/C23H34O5.C5H11Br/c24-18(13-12-17-8-4-3-5-9-17)14-15-20-19(21(25)16-22(20)26)10-6-1-2-7-11-23(27)28;1-2-3-4-5-6/h1,3-6,8-9,18-22,24-26H,2,7,10-16H2,(H,27,28);2-5H2,1H3/b6-1-;/t18-,19+,20+,21-,22+;/m0./s1. The molecule has 1 saturated carbocycles. The fourth-order valence-electron chi connectivity index (χ4n) is 4.50. The molecule has 1 fully saturated rings. The summed E-state index contributed by atoms with van der Waals surface area (Å²) in [5.74, 6) is -0.800. The third kappa shape index (κ3) is 13.6. The zero-order valence-corrected chi connectivity index (χ0v) is 22.3. The van der Waals surface area contributed by atoms with Gasteiger partial charge in [0.15, 0.2) is 0 Å². The number of aliphatic carboxylic acids is 1. The Morgan fingerprint density at radius 3 is 2.38 bits per heavy atom. The van der Waals surface area contributed by atoms with Gasteiger partial charge in [-0.1, -0.05) is 78.2 Å². The van der Waals surface area contributed by atoms with E-state index >= 15 is 0 Å². The van der Waals surface area contributed by atoms with Crippen LogP contribution in [0.1, 0.15) is 83.1 Å². The van der Waals surface area contributed by atoms with Crippen LogP contribution < -0.4 is 0 Å². The minimum absolute atomic E-state index is 0.00736. The molecule has 2 rings (SSSR count). The zero-order valence-electron chi connectivity index (χ0n) is 20.7. The van der Waals surface area contributed by atoms with E-state index in [-0.39, 0.29) is 18.3 Å². The van der Waals surface area contributed by atoms with Gasteiger partial charge in [0.05, 0.1) is 18.3 Å². The number of aliphatic hydroxyl groups excluding tert-OH is 3. The Balaban J connectivity index is 0.000000852. The normalized spacial score (nSPS) is 23.0. The lowest BCUT2D eigenvalue weighted by atomic mass is 9.85. The lowest BCUT2D eigenvalue weighted by molar-refractivity contribution is -0.137. The first-order valence-electron chi connectivity index (χ1n) is 12.9. The van der Waals surface area contributed by atoms with Crippen molar-refractivity contribution in [3.63, 3.8) is 0 Å². The first kappa shape index (κ1) is 30.8. The molecule has 4 N–H and O–H groups in total. The maximum atomic E-state index is 10.5. The molecule has 0 saturated heterocycles. The van der Waals surface area contributed by atoms with E-state index in [2.05, 4.69) is 35.0 Å². The highest BCUT2D eigenvalue weighted by Gasteiger charge is 2.40. The highest BCUT2D eigenvalue weighted by Crippen LogP contribution is 2.38. The van der Waals surface area contributed by atoms with Gasteiger partial charge in [0.2, 0.25) is 0 Å². The number of hydrogen-bond donors (Lipinski definition) is 4. The summed E-state index contributed by atoms with van der Waals surface area (Å²) in [6.07, 6.45) is 11.9. The van der Waals surface area contributed by atoms with Crippen LogP contribution in [0.15, 0.2) is 42.5 Å². The maximum absolute atomic E-state index is 10.5. The van der Waals surface area contributed by atoms with Gasteiger partial charge in [-0.05, 0) is 75.2 Å². The summed E-state index contributed by atoms with van der Waals surface area (Å²) < 4.78 is 0. The third-order valence-electron chi connectivity index (χ3n) is 6.54. The third-order valence-corrected chi connectivity index (χ3v) is 7.10. The Labute approximate surface area is 214 Å². The molecule has 5 atom stereocenters. The molecular weight excluding hydrogens is 496 g/mol. The van der Waals surface area contributed by atoms with Crippen LogP contribution in [0.25, 0.3) is 0 Å². The Morgan fingerprint density at radius 1 is 1.06 bits per heavy atom. The van der Waals surface area contributed by atoms with Crippen molar-refractivity contribution in [2.45, 2.75) is 102 Å². The fraction of sp³-hybridized carbons (Fsp3) is 0.679. The van der Waals surface area contributed by atoms with E-state index in [0.717, 1.165) is 6.42 Å². The minimum Gasteiger partial charge on any atom is -0.481 e. The lowest BCUT2D eigenvalue weighted by Crippen LogP contribution is -2.23. The van der Waals surface area contributed by atoms with Crippen molar-refractivity contribution in [2.75, 3.05) is 5.33 Å². The largest absolute Gasteiger partial charge is 0.481 e. The Morgan fingerprint density at radius 2 is 1.76 bits per heavy atom. The van der Waals surface area contributed by atoms with Gasteiger partial charge in [0.1, 0.15) is 0 Å². The van der Waals surface area contributed by atoms with Crippen molar-refractivity contribution in [3.8, 4) is 0 Å². The summed E-state index contributed by atoms with van der Waals surface area (Å²) in [6, 6.07) is 10.1. The van der Waals surface area contributed by atoms with Crippen LogP contribution in [0.5, 0.6) is 0 Å². The molecule has 0 bridgehead atoms. The van der Waals surface area contributed by atoms with Gasteiger partial charge in [-0.2, -0.15) is 0 Å². The molecular formula is C28H45BrO5. The highest BCUT2D eigenvalue weighted by atomic mass is 79.9. The fourth-order valence-corrected chi connectivity index (χ4v) is 4.90. The monoisotopic (exact) mass is 540 g/mol. The molecule has 0 aromatic heterocycles. The average molecular weight is 542 g/mol. The maximum Gasteiger partial charge on any atom is 0.303 e. The van der Waals surface area contributed by atoms with E-state index < -0.39 is 24.3 Å². The molecule has 0 unspecified atom stereocenters. The molecule has 1 aromatic rings. The van der Waals surface area contributed by atoms with Crippen LogP contribution in [0.4, 0.5) is 0 Å². The van der Waals surface area contributed by atoms with Crippen LogP contribution >= 0.6 is 15.9 Å². The van der Waals surface area contributed by atoms with Crippen molar-refractivity contribution in [3.05, 3.63) is 48.0 Å². The Kier molecular flexibility index (Phi) is 17.3. The Bertz CT molecular complexity index is 662. The van der Waals surface area contributed by atoms with Crippen LogP contribution in [-0.2, 0) is 11.2 Å². The number of carboxylic acids is 1. The van der Waals surface area contributed by atoms with Gasteiger partial charge in [-0.3, -0.25) is 4.79 Å². The molecule has 0 radical (unpaired) electrons. The molecule has 0 heterocycles. The second kappa shape index (κ2) is 19.0. The second-order valence-corrected chi connectivity index (χ2v) is 10.1. The van der Waals surface area contributed by atoms with Gasteiger partial charge in [0, 0.05) is 11.8 Å².